The van der Waals surface area contributed by atoms with Crippen molar-refractivity contribution in [3.05, 3.63) is 0 Å². The first-order valence-corrected chi connectivity index (χ1v) is 4.88. The van der Waals surface area contributed by atoms with Crippen molar-refractivity contribution in [1.29, 1.82) is 0 Å². The average molecular weight is 200 g/mol. The lowest BCUT2D eigenvalue weighted by Gasteiger charge is -2.33. The monoisotopic (exact) mass is 200 g/mol. The van der Waals surface area contributed by atoms with Gasteiger partial charge < -0.3 is 10.4 Å². The normalized spacial score (nSPS) is 23.2. The van der Waals surface area contributed by atoms with Gasteiger partial charge in [-0.3, -0.25) is 14.5 Å². The number of hydrogen-bond donors (Lipinski definition) is 2. The van der Waals surface area contributed by atoms with Crippen molar-refractivity contribution in [3.8, 4) is 0 Å². The second-order valence-electron chi connectivity index (χ2n) is 3.37. The van der Waals surface area contributed by atoms with Gasteiger partial charge in [-0.15, -0.1) is 0 Å². The van der Waals surface area contributed by atoms with E-state index in [1.54, 1.807) is 0 Å². The molecule has 1 fully saturated rings. The van der Waals surface area contributed by atoms with Gasteiger partial charge in [0.2, 0.25) is 5.91 Å². The lowest BCUT2D eigenvalue weighted by molar-refractivity contribution is -0.138. The number of amides is 1. The first-order chi connectivity index (χ1) is 6.65. The lowest BCUT2D eigenvalue weighted by atomic mass is 10.1. The number of rotatable bonds is 4. The highest BCUT2D eigenvalue weighted by Gasteiger charge is 2.28. The number of aliphatic carboxylic acids is 1. The summed E-state index contributed by atoms with van der Waals surface area (Å²) in [6.07, 6.45) is 0.448. The topological polar surface area (TPSA) is 69.6 Å². The van der Waals surface area contributed by atoms with E-state index in [1.807, 2.05) is 11.8 Å². The van der Waals surface area contributed by atoms with Crippen LogP contribution >= 0.6 is 0 Å². The van der Waals surface area contributed by atoms with Crippen molar-refractivity contribution in [2.24, 2.45) is 0 Å². The Bertz CT molecular complexity index is 230. The molecule has 0 aliphatic carbocycles. The molecule has 2 N–H and O–H groups in total. The van der Waals surface area contributed by atoms with Crippen LogP contribution in [0.15, 0.2) is 0 Å². The Morgan fingerprint density at radius 2 is 2.43 bits per heavy atom. The second-order valence-corrected chi connectivity index (χ2v) is 3.37. The average Bonchev–Trinajstić information content (AvgIpc) is 2.15. The molecule has 0 aromatic heterocycles. The first-order valence-electron chi connectivity index (χ1n) is 4.88. The zero-order valence-electron chi connectivity index (χ0n) is 8.32. The number of carbonyl (C=O) groups is 2. The van der Waals surface area contributed by atoms with Gasteiger partial charge >= 0.3 is 5.97 Å². The smallest absolute Gasteiger partial charge is 0.303 e. The molecule has 0 aromatic carbocycles. The third-order valence-corrected chi connectivity index (χ3v) is 2.48. The molecule has 1 saturated heterocycles. The molecular formula is C9H16N2O3. The predicted octanol–water partition coefficient (Wildman–Crippen LogP) is -0.328. The van der Waals surface area contributed by atoms with Crippen molar-refractivity contribution in [1.82, 2.24) is 10.2 Å². The summed E-state index contributed by atoms with van der Waals surface area (Å²) in [7, 11) is 0. The summed E-state index contributed by atoms with van der Waals surface area (Å²) in [5.74, 6) is -0.890. The molecule has 1 aliphatic heterocycles. The molecule has 1 aliphatic rings. The van der Waals surface area contributed by atoms with Gasteiger partial charge in [0.15, 0.2) is 0 Å². The highest BCUT2D eigenvalue weighted by molar-refractivity contribution is 5.83. The van der Waals surface area contributed by atoms with Gasteiger partial charge in [0, 0.05) is 19.5 Å². The van der Waals surface area contributed by atoms with Crippen LogP contribution in [0.5, 0.6) is 0 Å². The van der Waals surface area contributed by atoms with Crippen LogP contribution in [-0.4, -0.2) is 47.6 Å². The molecule has 1 unspecified atom stereocenters. The summed E-state index contributed by atoms with van der Waals surface area (Å²) in [6, 6.07) is -0.259. The molecule has 1 rings (SSSR count). The molecule has 5 nitrogen and oxygen atoms in total. The van der Waals surface area contributed by atoms with Crippen molar-refractivity contribution >= 4 is 11.9 Å². The molecule has 1 atom stereocenters. The Balaban J connectivity index is 2.50. The Morgan fingerprint density at radius 1 is 1.71 bits per heavy atom. The van der Waals surface area contributed by atoms with Crippen molar-refractivity contribution < 1.29 is 14.7 Å². The Labute approximate surface area is 83.1 Å². The molecule has 5 heteroatoms. The third kappa shape index (κ3) is 2.70. The standard InChI is InChI=1S/C9H16N2O3/c1-2-11-6-5-10-9(14)7(11)3-4-8(12)13/h7H,2-6H2,1H3,(H,10,14)(H,12,13). The van der Waals surface area contributed by atoms with Gasteiger partial charge in [-0.05, 0) is 13.0 Å². The fraction of sp³-hybridized carbons (Fsp3) is 0.778. The van der Waals surface area contributed by atoms with Crippen molar-refractivity contribution in [2.75, 3.05) is 19.6 Å². The summed E-state index contributed by atoms with van der Waals surface area (Å²) in [5.41, 5.74) is 0. The fourth-order valence-electron chi connectivity index (χ4n) is 1.71. The number of hydrogen-bond acceptors (Lipinski definition) is 3. The largest absolute Gasteiger partial charge is 0.481 e. The van der Waals surface area contributed by atoms with Crippen molar-refractivity contribution in [3.63, 3.8) is 0 Å². The molecule has 80 valence electrons. The summed E-state index contributed by atoms with van der Waals surface area (Å²) >= 11 is 0. The van der Waals surface area contributed by atoms with Crippen molar-refractivity contribution in [2.45, 2.75) is 25.8 Å². The molecule has 1 heterocycles. The minimum Gasteiger partial charge on any atom is -0.481 e. The van der Waals surface area contributed by atoms with Gasteiger partial charge in [0.1, 0.15) is 0 Å². The zero-order chi connectivity index (χ0) is 10.6. The van der Waals surface area contributed by atoms with Crippen LogP contribution in [0.2, 0.25) is 0 Å². The molecule has 0 spiro atoms. The Kier molecular flexibility index (Phi) is 3.88. The summed E-state index contributed by atoms with van der Waals surface area (Å²) in [6.45, 7) is 4.24. The second kappa shape index (κ2) is 4.95. The maximum Gasteiger partial charge on any atom is 0.303 e. The lowest BCUT2D eigenvalue weighted by Crippen LogP contribution is -2.55. The van der Waals surface area contributed by atoms with E-state index in [0.29, 0.717) is 13.0 Å². The van der Waals surface area contributed by atoms with Gasteiger partial charge in [-0.1, -0.05) is 6.92 Å². The molecule has 1 amide bonds. The quantitative estimate of drug-likeness (QED) is 0.652. The summed E-state index contributed by atoms with van der Waals surface area (Å²) in [5, 5.41) is 11.3. The first kappa shape index (κ1) is 11.0. The minimum absolute atomic E-state index is 0.0423. The molecule has 0 radical (unpaired) electrons. The van der Waals surface area contributed by atoms with Gasteiger partial charge in [-0.25, -0.2) is 0 Å². The minimum atomic E-state index is -0.848. The maximum atomic E-state index is 11.4. The van der Waals surface area contributed by atoms with E-state index in [1.165, 1.54) is 0 Å². The Morgan fingerprint density at radius 3 is 3.00 bits per heavy atom. The van der Waals surface area contributed by atoms with Crippen LogP contribution in [-0.2, 0) is 9.59 Å². The van der Waals surface area contributed by atoms with Crippen LogP contribution in [0.1, 0.15) is 19.8 Å². The van der Waals surface area contributed by atoms with Crippen LogP contribution in [0.3, 0.4) is 0 Å². The van der Waals surface area contributed by atoms with E-state index in [9.17, 15) is 9.59 Å². The molecule has 0 saturated carbocycles. The number of carboxylic acid groups (broad SMARTS) is 1. The SMILES string of the molecule is CCN1CCNC(=O)C1CCC(=O)O. The summed E-state index contributed by atoms with van der Waals surface area (Å²) < 4.78 is 0. The van der Waals surface area contributed by atoms with E-state index in [-0.39, 0.29) is 18.4 Å². The van der Waals surface area contributed by atoms with Crippen LogP contribution < -0.4 is 5.32 Å². The number of carboxylic acids is 1. The number of piperazine rings is 1. The highest BCUT2D eigenvalue weighted by atomic mass is 16.4. The van der Waals surface area contributed by atoms with Crippen LogP contribution in [0, 0.1) is 0 Å². The van der Waals surface area contributed by atoms with E-state index in [2.05, 4.69) is 5.32 Å². The van der Waals surface area contributed by atoms with Crippen LogP contribution in [0.4, 0.5) is 0 Å². The predicted molar refractivity (Wildman–Crippen MR) is 50.9 cm³/mol. The van der Waals surface area contributed by atoms with Gasteiger partial charge in [0.05, 0.1) is 6.04 Å². The third-order valence-electron chi connectivity index (χ3n) is 2.48. The van der Waals surface area contributed by atoms with E-state index >= 15 is 0 Å². The molecule has 14 heavy (non-hydrogen) atoms. The van der Waals surface area contributed by atoms with E-state index in [4.69, 9.17) is 5.11 Å². The van der Waals surface area contributed by atoms with Crippen LogP contribution in [0.25, 0.3) is 0 Å². The molecule has 0 aromatic rings. The van der Waals surface area contributed by atoms with E-state index in [0.717, 1.165) is 13.1 Å². The number of carbonyl (C=O) groups excluding carboxylic acids is 1. The number of nitrogens with zero attached hydrogens (tertiary/aromatic N) is 1. The maximum absolute atomic E-state index is 11.4. The zero-order valence-corrected chi connectivity index (χ0v) is 8.32. The molecule has 0 bridgehead atoms. The van der Waals surface area contributed by atoms with Gasteiger partial charge in [-0.2, -0.15) is 0 Å². The van der Waals surface area contributed by atoms with E-state index < -0.39 is 5.97 Å². The summed E-state index contributed by atoms with van der Waals surface area (Å²) in [4.78, 5) is 23.8. The molecular weight excluding hydrogens is 184 g/mol. The Hall–Kier alpha value is -1.10. The fourth-order valence-corrected chi connectivity index (χ4v) is 1.71. The van der Waals surface area contributed by atoms with Gasteiger partial charge in [0.25, 0.3) is 0 Å². The highest BCUT2D eigenvalue weighted by Crippen LogP contribution is 2.10. The number of likely N-dealkylation sites (N-methyl/N-ethyl adjacent to an activating group) is 1. The number of nitrogens with one attached hydrogen (secondary N) is 1.